The molecule has 0 fully saturated rings. The van der Waals surface area contributed by atoms with E-state index in [1.54, 1.807) is 12.1 Å². The fourth-order valence-corrected chi connectivity index (χ4v) is 3.20. The van der Waals surface area contributed by atoms with Crippen molar-refractivity contribution in [3.8, 4) is 0 Å². The van der Waals surface area contributed by atoms with E-state index in [4.69, 9.17) is 5.73 Å². The topological polar surface area (TPSA) is 41.8 Å². The van der Waals surface area contributed by atoms with Crippen molar-refractivity contribution >= 4 is 22.7 Å². The van der Waals surface area contributed by atoms with Gasteiger partial charge < -0.3 is 10.7 Å². The van der Waals surface area contributed by atoms with Crippen LogP contribution in [0.15, 0.2) is 58.5 Å². The number of benzene rings is 2. The monoisotopic (exact) mass is 286 g/mol. The molecule has 3 N–H and O–H groups in total. The van der Waals surface area contributed by atoms with Gasteiger partial charge in [-0.25, -0.2) is 4.39 Å². The van der Waals surface area contributed by atoms with E-state index < -0.39 is 0 Å². The molecule has 0 aliphatic rings. The molecule has 0 bridgehead atoms. The molecule has 4 heteroatoms. The second-order valence-electron chi connectivity index (χ2n) is 4.66. The summed E-state index contributed by atoms with van der Waals surface area (Å²) in [6, 6.07) is 15.3. The number of aromatic nitrogens is 1. The molecule has 2 aromatic carbocycles. The van der Waals surface area contributed by atoms with Gasteiger partial charge in [-0.3, -0.25) is 0 Å². The van der Waals surface area contributed by atoms with Crippen molar-refractivity contribution in [2.24, 2.45) is 5.73 Å². The third-order valence-electron chi connectivity index (χ3n) is 3.10. The summed E-state index contributed by atoms with van der Waals surface area (Å²) in [6.07, 6.45) is 0.692. The largest absolute Gasteiger partial charge is 0.349 e. The minimum absolute atomic E-state index is 0.213. The first kappa shape index (κ1) is 13.2. The average molecular weight is 286 g/mol. The van der Waals surface area contributed by atoms with E-state index in [0.717, 1.165) is 26.4 Å². The number of hydrogen-bond acceptors (Lipinski definition) is 2. The van der Waals surface area contributed by atoms with Crippen molar-refractivity contribution in [3.63, 3.8) is 0 Å². The number of para-hydroxylation sites is 1. The van der Waals surface area contributed by atoms with Crippen LogP contribution >= 0.6 is 11.8 Å². The molecule has 0 amide bonds. The van der Waals surface area contributed by atoms with E-state index in [9.17, 15) is 4.39 Å². The van der Waals surface area contributed by atoms with Gasteiger partial charge in [0.15, 0.2) is 0 Å². The third-order valence-corrected chi connectivity index (χ3v) is 4.01. The minimum atomic E-state index is -0.213. The summed E-state index contributed by atoms with van der Waals surface area (Å²) in [4.78, 5) is 4.22. The first-order valence-corrected chi connectivity index (χ1v) is 7.31. The van der Waals surface area contributed by atoms with Gasteiger partial charge >= 0.3 is 0 Å². The van der Waals surface area contributed by atoms with Crippen LogP contribution in [-0.2, 0) is 6.42 Å². The summed E-state index contributed by atoms with van der Waals surface area (Å²) in [6.45, 7) is 0.528. The third kappa shape index (κ3) is 2.86. The van der Waals surface area contributed by atoms with Crippen LogP contribution in [0.4, 0.5) is 4.39 Å². The smallest absolute Gasteiger partial charge is 0.124 e. The minimum Gasteiger partial charge on any atom is -0.349 e. The van der Waals surface area contributed by atoms with Crippen LogP contribution in [0, 0.1) is 5.82 Å². The molecule has 0 spiro atoms. The van der Waals surface area contributed by atoms with E-state index >= 15 is 0 Å². The van der Waals surface area contributed by atoms with Crippen LogP contribution in [0.1, 0.15) is 5.56 Å². The normalized spacial score (nSPS) is 11.1. The van der Waals surface area contributed by atoms with E-state index in [2.05, 4.69) is 17.1 Å². The number of rotatable bonds is 4. The van der Waals surface area contributed by atoms with Crippen LogP contribution in [0.2, 0.25) is 0 Å². The molecule has 2 nitrogen and oxygen atoms in total. The Bertz CT molecular complexity index is 703. The molecular formula is C16H15FN2S. The summed E-state index contributed by atoms with van der Waals surface area (Å²) in [5, 5.41) is 2.17. The number of nitrogens with one attached hydrogen (secondary N) is 1. The van der Waals surface area contributed by atoms with Crippen LogP contribution in [0.25, 0.3) is 10.9 Å². The lowest BCUT2D eigenvalue weighted by Gasteiger charge is -2.04. The number of fused-ring (bicyclic) bond motifs is 1. The van der Waals surface area contributed by atoms with E-state index in [1.165, 1.54) is 11.8 Å². The molecule has 0 atom stereocenters. The van der Waals surface area contributed by atoms with Crippen molar-refractivity contribution < 1.29 is 4.39 Å². The Morgan fingerprint density at radius 3 is 2.75 bits per heavy atom. The highest BCUT2D eigenvalue weighted by atomic mass is 32.2. The van der Waals surface area contributed by atoms with Gasteiger partial charge in [-0.2, -0.15) is 0 Å². The highest BCUT2D eigenvalue weighted by Gasteiger charge is 2.05. The van der Waals surface area contributed by atoms with Gasteiger partial charge in [-0.1, -0.05) is 30.0 Å². The lowest BCUT2D eigenvalue weighted by Crippen LogP contribution is -2.02. The second kappa shape index (κ2) is 5.69. The predicted octanol–water partition coefficient (Wildman–Crippen LogP) is 3.96. The summed E-state index contributed by atoms with van der Waals surface area (Å²) < 4.78 is 13.6. The first-order valence-electron chi connectivity index (χ1n) is 6.50. The summed E-state index contributed by atoms with van der Waals surface area (Å²) in [7, 11) is 0. The van der Waals surface area contributed by atoms with Crippen LogP contribution < -0.4 is 5.73 Å². The maximum absolute atomic E-state index is 13.6. The highest BCUT2D eigenvalue weighted by molar-refractivity contribution is 7.99. The van der Waals surface area contributed by atoms with Crippen LogP contribution in [0.5, 0.6) is 0 Å². The van der Waals surface area contributed by atoms with Crippen molar-refractivity contribution in [1.29, 1.82) is 0 Å². The summed E-state index contributed by atoms with van der Waals surface area (Å²) in [5.74, 6) is -0.213. The Kier molecular flexibility index (Phi) is 3.76. The quantitative estimate of drug-likeness (QED) is 0.762. The molecule has 0 aliphatic heterocycles. The Hall–Kier alpha value is -1.78. The average Bonchev–Trinajstić information content (AvgIpc) is 2.80. The Morgan fingerprint density at radius 1 is 1.10 bits per heavy atom. The van der Waals surface area contributed by atoms with Gasteiger partial charge in [-0.05, 0) is 48.9 Å². The molecule has 102 valence electrons. The molecule has 0 unspecified atom stereocenters. The molecule has 0 aliphatic carbocycles. The number of nitrogens with two attached hydrogens (primary N) is 1. The van der Waals surface area contributed by atoms with Crippen molar-refractivity contribution in [1.82, 2.24) is 4.98 Å². The van der Waals surface area contributed by atoms with Crippen molar-refractivity contribution in [3.05, 3.63) is 59.9 Å². The van der Waals surface area contributed by atoms with Crippen molar-refractivity contribution in [2.75, 3.05) is 6.54 Å². The molecule has 1 heterocycles. The fourth-order valence-electron chi connectivity index (χ4n) is 2.22. The summed E-state index contributed by atoms with van der Waals surface area (Å²) in [5.41, 5.74) is 7.56. The van der Waals surface area contributed by atoms with Gasteiger partial charge in [0.2, 0.25) is 0 Å². The molecule has 1 aromatic heterocycles. The Balaban J connectivity index is 1.90. The zero-order valence-electron chi connectivity index (χ0n) is 10.9. The van der Waals surface area contributed by atoms with E-state index in [1.807, 2.05) is 24.3 Å². The zero-order valence-corrected chi connectivity index (χ0v) is 11.7. The Labute approximate surface area is 121 Å². The van der Waals surface area contributed by atoms with E-state index in [0.29, 0.717) is 13.0 Å². The molecule has 0 radical (unpaired) electrons. The second-order valence-corrected chi connectivity index (χ2v) is 5.77. The van der Waals surface area contributed by atoms with Crippen LogP contribution in [-0.4, -0.2) is 11.5 Å². The lowest BCUT2D eigenvalue weighted by atomic mass is 10.1. The first-order chi connectivity index (χ1) is 9.74. The fraction of sp³-hybridized carbons (Fsp3) is 0.125. The molecule has 0 saturated carbocycles. The molecule has 0 saturated heterocycles. The molecular weight excluding hydrogens is 271 g/mol. The standard InChI is InChI=1S/C16H15FN2S/c17-13-7-11(5-6-18)8-14(10-13)20-16-9-12-3-1-2-4-15(12)19-16/h1-4,7-10,19H,5-6,18H2. The number of aromatic amines is 1. The van der Waals surface area contributed by atoms with Crippen molar-refractivity contribution in [2.45, 2.75) is 16.3 Å². The number of H-pyrrole nitrogens is 1. The summed E-state index contributed by atoms with van der Waals surface area (Å²) >= 11 is 1.53. The highest BCUT2D eigenvalue weighted by Crippen LogP contribution is 2.30. The molecule has 20 heavy (non-hydrogen) atoms. The van der Waals surface area contributed by atoms with Gasteiger partial charge in [0.05, 0.1) is 5.03 Å². The van der Waals surface area contributed by atoms with Crippen LogP contribution in [0.3, 0.4) is 0 Å². The Morgan fingerprint density at radius 2 is 1.95 bits per heavy atom. The van der Waals surface area contributed by atoms with Gasteiger partial charge in [0.25, 0.3) is 0 Å². The SMILES string of the molecule is NCCc1cc(F)cc(Sc2cc3ccccc3[nH]2)c1. The van der Waals surface area contributed by atoms with Gasteiger partial charge in [0.1, 0.15) is 5.82 Å². The van der Waals surface area contributed by atoms with Gasteiger partial charge in [-0.15, -0.1) is 0 Å². The molecule has 3 aromatic rings. The number of hydrogen-bond donors (Lipinski definition) is 2. The maximum atomic E-state index is 13.6. The van der Waals surface area contributed by atoms with E-state index in [-0.39, 0.29) is 5.82 Å². The number of halogens is 1. The predicted molar refractivity (Wildman–Crippen MR) is 81.6 cm³/mol. The zero-order chi connectivity index (χ0) is 13.9. The van der Waals surface area contributed by atoms with Gasteiger partial charge in [0, 0.05) is 15.8 Å². The molecule has 3 rings (SSSR count). The lowest BCUT2D eigenvalue weighted by molar-refractivity contribution is 0.621. The maximum Gasteiger partial charge on any atom is 0.124 e.